The molecule has 0 aromatic carbocycles. The number of hydrogen-bond acceptors (Lipinski definition) is 6. The molecule has 6 nitrogen and oxygen atoms in total. The molecule has 0 radical (unpaired) electrons. The van der Waals surface area contributed by atoms with Gasteiger partial charge in [-0.2, -0.15) is 0 Å². The van der Waals surface area contributed by atoms with Crippen molar-refractivity contribution < 1.29 is 13.5 Å². The van der Waals surface area contributed by atoms with Gasteiger partial charge in [-0.15, -0.1) is 10.2 Å². The fourth-order valence-electron chi connectivity index (χ4n) is 2.40. The van der Waals surface area contributed by atoms with Gasteiger partial charge in [-0.3, -0.25) is 0 Å². The first-order valence-corrected chi connectivity index (χ1v) is 6.59. The van der Waals surface area contributed by atoms with Crippen LogP contribution in [-0.2, 0) is 0 Å². The normalized spacial score (nSPS) is 18.0. The van der Waals surface area contributed by atoms with Crippen LogP contribution in [0.25, 0.3) is 10.9 Å². The van der Waals surface area contributed by atoms with E-state index in [2.05, 4.69) is 15.2 Å². The maximum atomic E-state index is 13.3. The van der Waals surface area contributed by atoms with Crippen molar-refractivity contribution in [3.8, 4) is 5.88 Å². The lowest BCUT2D eigenvalue weighted by Gasteiger charge is -2.32. The third-order valence-corrected chi connectivity index (χ3v) is 3.55. The zero-order valence-electron chi connectivity index (χ0n) is 11.5. The lowest BCUT2D eigenvalue weighted by atomic mass is 10.1. The van der Waals surface area contributed by atoms with Gasteiger partial charge < -0.3 is 15.4 Å². The number of hydrogen-bond donors (Lipinski definition) is 1. The second kappa shape index (κ2) is 4.94. The average Bonchev–Trinajstić information content (AvgIpc) is 2.45. The number of ether oxygens (including phenoxy) is 1. The molecule has 0 unspecified atom stereocenters. The molecule has 1 aliphatic heterocycles. The van der Waals surface area contributed by atoms with Crippen molar-refractivity contribution in [2.75, 3.05) is 30.8 Å². The zero-order valence-corrected chi connectivity index (χ0v) is 11.5. The Morgan fingerprint density at radius 3 is 2.62 bits per heavy atom. The minimum atomic E-state index is -2.61. The van der Waals surface area contributed by atoms with E-state index in [1.807, 2.05) is 0 Å². The zero-order chi connectivity index (χ0) is 15.0. The first-order valence-electron chi connectivity index (χ1n) is 6.59. The van der Waals surface area contributed by atoms with Crippen LogP contribution in [0.15, 0.2) is 12.1 Å². The summed E-state index contributed by atoms with van der Waals surface area (Å²) in [6.07, 6.45) is -0.400. The highest BCUT2D eigenvalue weighted by atomic mass is 19.3. The summed E-state index contributed by atoms with van der Waals surface area (Å²) in [5.41, 5.74) is 6.34. The number of pyridine rings is 1. The van der Waals surface area contributed by atoms with Crippen LogP contribution in [0.3, 0.4) is 0 Å². The minimum absolute atomic E-state index is 0.200. The summed E-state index contributed by atoms with van der Waals surface area (Å²) in [7, 11) is 1.49. The largest absolute Gasteiger partial charge is 0.480 e. The maximum absolute atomic E-state index is 13.3. The van der Waals surface area contributed by atoms with Gasteiger partial charge in [0.05, 0.1) is 7.11 Å². The molecule has 112 valence electrons. The van der Waals surface area contributed by atoms with Crippen molar-refractivity contribution >= 4 is 22.5 Å². The van der Waals surface area contributed by atoms with Gasteiger partial charge in [-0.05, 0) is 6.07 Å². The molecule has 8 heteroatoms. The molecule has 0 aliphatic carbocycles. The van der Waals surface area contributed by atoms with E-state index in [1.54, 1.807) is 17.0 Å². The molecule has 2 aromatic heterocycles. The molecule has 2 aromatic rings. The summed E-state index contributed by atoms with van der Waals surface area (Å²) in [6, 6.07) is 3.36. The number of fused-ring (bicyclic) bond motifs is 1. The Balaban J connectivity index is 2.02. The lowest BCUT2D eigenvalue weighted by molar-refractivity contribution is -0.0221. The SMILES string of the molecule is COc1cc2cc(N)nc(N3CCC(F)(F)CC3)c2nn1. The summed E-state index contributed by atoms with van der Waals surface area (Å²) in [4.78, 5) is 6.02. The fraction of sp³-hybridized carbons (Fsp3) is 0.462. The van der Waals surface area contributed by atoms with E-state index in [-0.39, 0.29) is 25.9 Å². The van der Waals surface area contributed by atoms with Gasteiger partial charge in [0, 0.05) is 37.4 Å². The second-order valence-electron chi connectivity index (χ2n) is 5.04. The summed E-state index contributed by atoms with van der Waals surface area (Å²) < 4.78 is 31.6. The van der Waals surface area contributed by atoms with Crippen molar-refractivity contribution in [2.24, 2.45) is 0 Å². The van der Waals surface area contributed by atoms with Crippen LogP contribution >= 0.6 is 0 Å². The monoisotopic (exact) mass is 295 g/mol. The van der Waals surface area contributed by atoms with Crippen LogP contribution in [0.2, 0.25) is 0 Å². The van der Waals surface area contributed by atoms with E-state index < -0.39 is 5.92 Å². The third kappa shape index (κ3) is 2.65. The van der Waals surface area contributed by atoms with Crippen molar-refractivity contribution in [3.63, 3.8) is 0 Å². The van der Waals surface area contributed by atoms with Gasteiger partial charge in [-0.1, -0.05) is 0 Å². The van der Waals surface area contributed by atoms with Crippen molar-refractivity contribution in [1.29, 1.82) is 0 Å². The number of halogens is 2. The summed E-state index contributed by atoms with van der Waals surface area (Å²) in [5, 5.41) is 8.72. The Bertz CT molecular complexity index is 669. The van der Waals surface area contributed by atoms with E-state index in [0.717, 1.165) is 5.39 Å². The maximum Gasteiger partial charge on any atom is 0.251 e. The van der Waals surface area contributed by atoms with Gasteiger partial charge in [0.1, 0.15) is 11.3 Å². The minimum Gasteiger partial charge on any atom is -0.480 e. The topological polar surface area (TPSA) is 77.2 Å². The predicted octanol–water partition coefficient (Wildman–Crippen LogP) is 1.85. The van der Waals surface area contributed by atoms with Gasteiger partial charge >= 0.3 is 0 Å². The Morgan fingerprint density at radius 1 is 1.24 bits per heavy atom. The molecule has 0 bridgehead atoms. The Morgan fingerprint density at radius 2 is 1.95 bits per heavy atom. The van der Waals surface area contributed by atoms with Crippen LogP contribution in [0, 0.1) is 0 Å². The van der Waals surface area contributed by atoms with E-state index >= 15 is 0 Å². The molecule has 3 heterocycles. The molecule has 3 rings (SSSR count). The molecule has 0 saturated carbocycles. The van der Waals surface area contributed by atoms with Gasteiger partial charge in [0.15, 0.2) is 5.82 Å². The van der Waals surface area contributed by atoms with Crippen LogP contribution in [0.1, 0.15) is 12.8 Å². The summed E-state index contributed by atoms with van der Waals surface area (Å²) in [5.74, 6) is -1.44. The number of methoxy groups -OCH3 is 1. The fourth-order valence-corrected chi connectivity index (χ4v) is 2.40. The molecule has 1 saturated heterocycles. The van der Waals surface area contributed by atoms with Gasteiger partial charge in [-0.25, -0.2) is 13.8 Å². The van der Waals surface area contributed by atoms with E-state index in [0.29, 0.717) is 23.0 Å². The number of anilines is 2. The molecule has 0 atom stereocenters. The van der Waals surface area contributed by atoms with E-state index in [9.17, 15) is 8.78 Å². The van der Waals surface area contributed by atoms with Crippen molar-refractivity contribution in [1.82, 2.24) is 15.2 Å². The van der Waals surface area contributed by atoms with E-state index in [4.69, 9.17) is 10.5 Å². The number of nitrogens with two attached hydrogens (primary N) is 1. The number of piperidine rings is 1. The highest BCUT2D eigenvalue weighted by molar-refractivity contribution is 5.90. The van der Waals surface area contributed by atoms with Crippen LogP contribution < -0.4 is 15.4 Å². The molecular weight excluding hydrogens is 280 g/mol. The number of alkyl halides is 2. The Kier molecular flexibility index (Phi) is 3.23. The molecule has 1 aliphatic rings. The quantitative estimate of drug-likeness (QED) is 0.911. The average molecular weight is 295 g/mol. The lowest BCUT2D eigenvalue weighted by Crippen LogP contribution is -2.40. The van der Waals surface area contributed by atoms with Crippen molar-refractivity contribution in [3.05, 3.63) is 12.1 Å². The van der Waals surface area contributed by atoms with Gasteiger partial charge in [0.2, 0.25) is 5.88 Å². The standard InChI is InChI=1S/C13H15F2N5O/c1-21-10-7-8-6-9(16)17-12(11(8)19-18-10)20-4-2-13(14,15)3-5-20/h6-7H,2-5H2,1H3,(H2,16,17). The molecule has 1 fully saturated rings. The van der Waals surface area contributed by atoms with E-state index in [1.165, 1.54) is 7.11 Å². The smallest absolute Gasteiger partial charge is 0.251 e. The second-order valence-corrected chi connectivity index (χ2v) is 5.04. The van der Waals surface area contributed by atoms with Crippen LogP contribution in [0.4, 0.5) is 20.4 Å². The highest BCUT2D eigenvalue weighted by Gasteiger charge is 2.35. The van der Waals surface area contributed by atoms with Crippen LogP contribution in [0.5, 0.6) is 5.88 Å². The first-order chi connectivity index (χ1) is 9.98. The number of rotatable bonds is 2. The first kappa shape index (κ1) is 13.7. The number of nitrogens with zero attached hydrogens (tertiary/aromatic N) is 4. The van der Waals surface area contributed by atoms with Crippen LogP contribution in [-0.4, -0.2) is 41.3 Å². The molecular formula is C13H15F2N5O. The third-order valence-electron chi connectivity index (χ3n) is 3.55. The predicted molar refractivity (Wildman–Crippen MR) is 74.7 cm³/mol. The number of aromatic nitrogens is 3. The highest BCUT2D eigenvalue weighted by Crippen LogP contribution is 2.33. The van der Waals surface area contributed by atoms with Crippen molar-refractivity contribution in [2.45, 2.75) is 18.8 Å². The summed E-state index contributed by atoms with van der Waals surface area (Å²) >= 11 is 0. The molecule has 2 N–H and O–H groups in total. The Labute approximate surface area is 119 Å². The Hall–Kier alpha value is -2.25. The number of nitrogen functional groups attached to an aromatic ring is 1. The molecule has 21 heavy (non-hydrogen) atoms. The molecule has 0 spiro atoms. The van der Waals surface area contributed by atoms with Gasteiger partial charge in [0.25, 0.3) is 5.92 Å². The molecule has 0 amide bonds. The summed E-state index contributed by atoms with van der Waals surface area (Å²) in [6.45, 7) is 0.429.